The van der Waals surface area contributed by atoms with Crippen LogP contribution < -0.4 is 11.2 Å². The standard InChI is InChI=1S/C15H12N2O4/c1-3-9-16-13(19)12(10(2)18)14(20)17(15(16)21)11-7-5-4-6-8-11/h1,4-8,19H,9H2,2H3. The summed E-state index contributed by atoms with van der Waals surface area (Å²) in [5.74, 6) is 0.855. The van der Waals surface area contributed by atoms with Crippen molar-refractivity contribution in [2.24, 2.45) is 0 Å². The molecule has 0 unspecified atom stereocenters. The van der Waals surface area contributed by atoms with Crippen molar-refractivity contribution >= 4 is 5.78 Å². The van der Waals surface area contributed by atoms with E-state index in [4.69, 9.17) is 6.42 Å². The van der Waals surface area contributed by atoms with E-state index in [9.17, 15) is 19.5 Å². The largest absolute Gasteiger partial charge is 0.494 e. The van der Waals surface area contributed by atoms with Crippen molar-refractivity contribution < 1.29 is 9.90 Å². The first-order valence-corrected chi connectivity index (χ1v) is 6.07. The second-order valence-corrected chi connectivity index (χ2v) is 4.30. The highest BCUT2D eigenvalue weighted by molar-refractivity contribution is 5.95. The molecule has 1 aromatic heterocycles. The lowest BCUT2D eigenvalue weighted by Crippen LogP contribution is -2.41. The number of hydrogen-bond acceptors (Lipinski definition) is 4. The highest BCUT2D eigenvalue weighted by atomic mass is 16.3. The molecule has 106 valence electrons. The molecule has 0 saturated carbocycles. The van der Waals surface area contributed by atoms with Crippen LogP contribution in [0.15, 0.2) is 39.9 Å². The summed E-state index contributed by atoms with van der Waals surface area (Å²) in [6, 6.07) is 8.11. The molecular weight excluding hydrogens is 272 g/mol. The summed E-state index contributed by atoms with van der Waals surface area (Å²) in [7, 11) is 0. The van der Waals surface area contributed by atoms with Crippen molar-refractivity contribution in [3.63, 3.8) is 0 Å². The molecule has 1 N–H and O–H groups in total. The minimum Gasteiger partial charge on any atom is -0.494 e. The van der Waals surface area contributed by atoms with Gasteiger partial charge in [-0.15, -0.1) is 6.42 Å². The number of rotatable bonds is 3. The summed E-state index contributed by atoms with van der Waals surface area (Å²) in [5, 5.41) is 9.96. The number of carbonyl (C=O) groups is 1. The summed E-state index contributed by atoms with van der Waals surface area (Å²) in [4.78, 5) is 36.3. The summed E-state index contributed by atoms with van der Waals surface area (Å²) in [5.41, 5.74) is -1.84. The van der Waals surface area contributed by atoms with Crippen LogP contribution in [0.2, 0.25) is 0 Å². The van der Waals surface area contributed by atoms with Crippen molar-refractivity contribution in [1.29, 1.82) is 0 Å². The molecule has 0 aliphatic heterocycles. The van der Waals surface area contributed by atoms with Gasteiger partial charge in [0.25, 0.3) is 5.56 Å². The van der Waals surface area contributed by atoms with E-state index in [1.54, 1.807) is 30.3 Å². The number of aromatic nitrogens is 2. The molecule has 0 fully saturated rings. The summed E-state index contributed by atoms with van der Waals surface area (Å²) >= 11 is 0. The summed E-state index contributed by atoms with van der Waals surface area (Å²) in [6.07, 6.45) is 5.16. The van der Waals surface area contributed by atoms with E-state index in [2.05, 4.69) is 5.92 Å². The molecule has 0 aliphatic rings. The average molecular weight is 284 g/mol. The first kappa shape index (κ1) is 14.3. The van der Waals surface area contributed by atoms with Crippen LogP contribution in [-0.2, 0) is 6.54 Å². The Morgan fingerprint density at radius 1 is 1.29 bits per heavy atom. The molecular formula is C15H12N2O4. The second-order valence-electron chi connectivity index (χ2n) is 4.30. The lowest BCUT2D eigenvalue weighted by molar-refractivity contribution is 0.101. The predicted molar refractivity (Wildman–Crippen MR) is 76.8 cm³/mol. The molecule has 0 bridgehead atoms. The normalized spacial score (nSPS) is 10.1. The molecule has 6 nitrogen and oxygen atoms in total. The molecule has 0 atom stereocenters. The zero-order chi connectivity index (χ0) is 15.6. The number of para-hydroxylation sites is 1. The Morgan fingerprint density at radius 3 is 2.43 bits per heavy atom. The number of terminal acetylenes is 1. The predicted octanol–water partition coefficient (Wildman–Crippen LogP) is 0.541. The number of nitrogens with zero attached hydrogens (tertiary/aromatic N) is 2. The third-order valence-electron chi connectivity index (χ3n) is 2.93. The van der Waals surface area contributed by atoms with Gasteiger partial charge in [-0.05, 0) is 19.1 Å². The lowest BCUT2D eigenvalue weighted by Gasteiger charge is -2.12. The van der Waals surface area contributed by atoms with Crippen LogP contribution in [0.5, 0.6) is 5.88 Å². The van der Waals surface area contributed by atoms with E-state index in [1.165, 1.54) is 0 Å². The van der Waals surface area contributed by atoms with Gasteiger partial charge in [-0.2, -0.15) is 0 Å². The molecule has 1 aromatic carbocycles. The number of aromatic hydroxyl groups is 1. The van der Waals surface area contributed by atoms with E-state index in [0.717, 1.165) is 16.1 Å². The fourth-order valence-corrected chi connectivity index (χ4v) is 1.99. The quantitative estimate of drug-likeness (QED) is 0.659. The van der Waals surface area contributed by atoms with E-state index in [0.29, 0.717) is 5.69 Å². The van der Waals surface area contributed by atoms with Crippen molar-refractivity contribution in [2.75, 3.05) is 0 Å². The molecule has 6 heteroatoms. The van der Waals surface area contributed by atoms with Gasteiger partial charge in [-0.1, -0.05) is 24.1 Å². The Kier molecular flexibility index (Phi) is 3.76. The van der Waals surface area contributed by atoms with Crippen LogP contribution in [0.4, 0.5) is 0 Å². The molecule has 0 aliphatic carbocycles. The third-order valence-corrected chi connectivity index (χ3v) is 2.93. The van der Waals surface area contributed by atoms with Crippen LogP contribution in [0, 0.1) is 12.3 Å². The lowest BCUT2D eigenvalue weighted by atomic mass is 10.2. The van der Waals surface area contributed by atoms with E-state index >= 15 is 0 Å². The van der Waals surface area contributed by atoms with Gasteiger partial charge in [-0.3, -0.25) is 14.2 Å². The number of Topliss-reactive ketones (excluding diaryl/α,β-unsaturated/α-hetero) is 1. The van der Waals surface area contributed by atoms with Crippen molar-refractivity contribution in [3.05, 3.63) is 56.7 Å². The molecule has 2 aromatic rings. The van der Waals surface area contributed by atoms with Crippen molar-refractivity contribution in [3.8, 4) is 23.9 Å². The maximum Gasteiger partial charge on any atom is 0.339 e. The van der Waals surface area contributed by atoms with Crippen molar-refractivity contribution in [2.45, 2.75) is 13.5 Å². The van der Waals surface area contributed by atoms with Gasteiger partial charge in [0.1, 0.15) is 5.56 Å². The Morgan fingerprint density at radius 2 is 1.90 bits per heavy atom. The topological polar surface area (TPSA) is 81.3 Å². The number of benzene rings is 1. The van der Waals surface area contributed by atoms with Gasteiger partial charge >= 0.3 is 5.69 Å². The van der Waals surface area contributed by atoms with Crippen LogP contribution in [0.1, 0.15) is 17.3 Å². The minimum absolute atomic E-state index is 0.252. The molecule has 0 amide bonds. The summed E-state index contributed by atoms with van der Waals surface area (Å²) in [6.45, 7) is 0.883. The maximum absolute atomic E-state index is 12.3. The maximum atomic E-state index is 12.3. The van der Waals surface area contributed by atoms with Crippen molar-refractivity contribution in [1.82, 2.24) is 9.13 Å². The Labute approximate surface area is 119 Å². The Hall–Kier alpha value is -3.07. The second kappa shape index (κ2) is 5.51. The third kappa shape index (κ3) is 2.37. The van der Waals surface area contributed by atoms with Crippen LogP contribution in [0.25, 0.3) is 5.69 Å². The first-order chi connectivity index (χ1) is 9.99. The van der Waals surface area contributed by atoms with Gasteiger partial charge in [0, 0.05) is 0 Å². The number of ketones is 1. The zero-order valence-electron chi connectivity index (χ0n) is 11.2. The van der Waals surface area contributed by atoms with E-state index in [1.807, 2.05) is 0 Å². The summed E-state index contributed by atoms with van der Waals surface area (Å²) < 4.78 is 1.62. The first-order valence-electron chi connectivity index (χ1n) is 6.07. The van der Waals surface area contributed by atoms with E-state index in [-0.39, 0.29) is 6.54 Å². The average Bonchev–Trinajstić information content (AvgIpc) is 2.44. The molecule has 0 saturated heterocycles. The van der Waals surface area contributed by atoms with Crippen LogP contribution in [0.3, 0.4) is 0 Å². The fourth-order valence-electron chi connectivity index (χ4n) is 1.99. The van der Waals surface area contributed by atoms with Crippen LogP contribution in [-0.4, -0.2) is 20.0 Å². The number of carbonyl (C=O) groups excluding carboxylic acids is 1. The van der Waals surface area contributed by atoms with Gasteiger partial charge in [0.15, 0.2) is 5.78 Å². The fraction of sp³-hybridized carbons (Fsp3) is 0.133. The van der Waals surface area contributed by atoms with Gasteiger partial charge < -0.3 is 5.11 Å². The monoisotopic (exact) mass is 284 g/mol. The molecule has 0 spiro atoms. The van der Waals surface area contributed by atoms with Gasteiger partial charge in [-0.25, -0.2) is 9.36 Å². The smallest absolute Gasteiger partial charge is 0.339 e. The molecule has 2 rings (SSSR count). The number of hydrogen-bond donors (Lipinski definition) is 1. The zero-order valence-corrected chi connectivity index (χ0v) is 11.2. The van der Waals surface area contributed by atoms with Gasteiger partial charge in [0.2, 0.25) is 5.88 Å². The molecule has 1 heterocycles. The highest BCUT2D eigenvalue weighted by Gasteiger charge is 2.22. The molecule has 0 radical (unpaired) electrons. The minimum atomic E-state index is -0.871. The van der Waals surface area contributed by atoms with E-state index < -0.39 is 28.5 Å². The van der Waals surface area contributed by atoms with Crippen LogP contribution >= 0.6 is 0 Å². The highest BCUT2D eigenvalue weighted by Crippen LogP contribution is 2.12. The Bertz CT molecular complexity index is 854. The Balaban J connectivity index is 2.96. The SMILES string of the molecule is C#CCn1c(O)c(C(C)=O)c(=O)n(-c2ccccc2)c1=O. The molecule has 21 heavy (non-hydrogen) atoms. The van der Waals surface area contributed by atoms with Gasteiger partial charge in [0.05, 0.1) is 12.2 Å².